The lowest BCUT2D eigenvalue weighted by Gasteiger charge is -2.40. The third-order valence-electron chi connectivity index (χ3n) is 5.99. The van der Waals surface area contributed by atoms with Gasteiger partial charge in [-0.3, -0.25) is 20.1 Å². The number of pyridine rings is 1. The second-order valence-electron chi connectivity index (χ2n) is 7.85. The van der Waals surface area contributed by atoms with E-state index in [1.54, 1.807) is 11.3 Å². The van der Waals surface area contributed by atoms with E-state index in [0.29, 0.717) is 6.54 Å². The van der Waals surface area contributed by atoms with Crippen LogP contribution in [-0.2, 0) is 13.0 Å². The molecular weight excluding hydrogens is 420 g/mol. The third kappa shape index (κ3) is 3.47. The lowest BCUT2D eigenvalue weighted by atomic mass is 9.99. The number of hydrogen-bond donors (Lipinski definition) is 1. The van der Waals surface area contributed by atoms with E-state index in [2.05, 4.69) is 32.4 Å². The fourth-order valence-electron chi connectivity index (χ4n) is 4.19. The van der Waals surface area contributed by atoms with Crippen LogP contribution in [-0.4, -0.2) is 32.3 Å². The van der Waals surface area contributed by atoms with E-state index >= 15 is 0 Å². The minimum atomic E-state index is -2.78. The van der Waals surface area contributed by atoms with Crippen molar-refractivity contribution in [2.75, 3.05) is 12.0 Å². The van der Waals surface area contributed by atoms with Gasteiger partial charge in [0.05, 0.1) is 0 Å². The predicted octanol–water partition coefficient (Wildman–Crippen LogP) is 4.04. The van der Waals surface area contributed by atoms with Crippen LogP contribution in [0.1, 0.15) is 43.0 Å². The van der Waals surface area contributed by atoms with Gasteiger partial charge in [0.1, 0.15) is 11.9 Å². The second kappa shape index (κ2) is 7.65. The highest BCUT2D eigenvalue weighted by Crippen LogP contribution is 2.31. The molecule has 1 N–H and O–H groups in total. The minimum absolute atomic E-state index is 0.233. The Balaban J connectivity index is 1.47. The Morgan fingerprint density at radius 2 is 2.13 bits per heavy atom. The van der Waals surface area contributed by atoms with Gasteiger partial charge in [0.2, 0.25) is 0 Å². The van der Waals surface area contributed by atoms with Crippen LogP contribution in [0.5, 0.6) is 0 Å². The van der Waals surface area contributed by atoms with Gasteiger partial charge in [-0.2, -0.15) is 0 Å². The van der Waals surface area contributed by atoms with Crippen LogP contribution in [0.25, 0.3) is 16.0 Å². The Bertz CT molecular complexity index is 1240. The van der Waals surface area contributed by atoms with Crippen LogP contribution in [0.15, 0.2) is 46.2 Å². The topological polar surface area (TPSA) is 63.1 Å². The molecule has 0 amide bonds. The van der Waals surface area contributed by atoms with Gasteiger partial charge >= 0.3 is 0 Å². The molecule has 0 radical (unpaired) electrons. The molecule has 2 aliphatic heterocycles. The molecule has 6 nitrogen and oxygen atoms in total. The highest BCUT2D eigenvalue weighted by Gasteiger charge is 2.32. The van der Waals surface area contributed by atoms with Gasteiger partial charge in [0, 0.05) is 47.9 Å². The standard InChI is InChI=1S/C22H21F2N5OS/c1-12-13(2)22(27-29-19(30)9-17(20(23)24)26-21(12)29)28-6-5-16-15(11-28)8-14(10-25-16)18-4-3-7-31-18/h3-4,7-10,20,22,27H,5-6,11H2,1-2H3. The lowest BCUT2D eigenvalue weighted by Crippen LogP contribution is -2.52. The molecule has 0 aliphatic carbocycles. The Hall–Kier alpha value is -2.91. The smallest absolute Gasteiger partial charge is 0.280 e. The molecule has 0 saturated heterocycles. The zero-order chi connectivity index (χ0) is 21.7. The number of allylic oxidation sites excluding steroid dienone is 1. The van der Waals surface area contributed by atoms with Crippen molar-refractivity contribution in [1.29, 1.82) is 0 Å². The summed E-state index contributed by atoms with van der Waals surface area (Å²) in [5, 5.41) is 2.05. The van der Waals surface area contributed by atoms with Crippen molar-refractivity contribution in [2.24, 2.45) is 0 Å². The number of hydrogen-bond acceptors (Lipinski definition) is 6. The summed E-state index contributed by atoms with van der Waals surface area (Å²) in [4.78, 5) is 24.6. The summed E-state index contributed by atoms with van der Waals surface area (Å²) < 4.78 is 27.5. The van der Waals surface area contributed by atoms with Gasteiger partial charge in [-0.05, 0) is 48.1 Å². The average molecular weight is 442 g/mol. The van der Waals surface area contributed by atoms with Crippen molar-refractivity contribution in [2.45, 2.75) is 39.4 Å². The molecule has 3 aromatic heterocycles. The Morgan fingerprint density at radius 1 is 1.29 bits per heavy atom. The first-order valence-corrected chi connectivity index (χ1v) is 10.9. The number of thiophene rings is 1. The average Bonchev–Trinajstić information content (AvgIpc) is 3.30. The summed E-state index contributed by atoms with van der Waals surface area (Å²) in [6, 6.07) is 7.19. The Labute approximate surface area is 181 Å². The van der Waals surface area contributed by atoms with E-state index in [4.69, 9.17) is 0 Å². The Kier molecular flexibility index (Phi) is 4.94. The number of fused-ring (bicyclic) bond motifs is 2. The van der Waals surface area contributed by atoms with Gasteiger partial charge in [0.15, 0.2) is 5.82 Å². The monoisotopic (exact) mass is 441 g/mol. The molecule has 0 fully saturated rings. The molecule has 5 heterocycles. The molecule has 2 aliphatic rings. The zero-order valence-corrected chi connectivity index (χ0v) is 17.9. The van der Waals surface area contributed by atoms with Crippen LogP contribution in [0.4, 0.5) is 8.78 Å². The number of alkyl halides is 2. The van der Waals surface area contributed by atoms with Gasteiger partial charge in [0.25, 0.3) is 12.0 Å². The number of aromatic nitrogens is 3. The van der Waals surface area contributed by atoms with Crippen LogP contribution in [0.2, 0.25) is 0 Å². The first kappa shape index (κ1) is 20.0. The molecule has 0 bridgehead atoms. The van der Waals surface area contributed by atoms with Crippen LogP contribution in [0.3, 0.4) is 0 Å². The minimum Gasteiger partial charge on any atom is -0.300 e. The van der Waals surface area contributed by atoms with Crippen molar-refractivity contribution in [3.63, 3.8) is 0 Å². The molecule has 0 aromatic carbocycles. The van der Waals surface area contributed by atoms with Gasteiger partial charge < -0.3 is 0 Å². The molecule has 5 rings (SSSR count). The van der Waals surface area contributed by atoms with E-state index < -0.39 is 17.7 Å². The quantitative estimate of drug-likeness (QED) is 0.665. The molecule has 1 atom stereocenters. The highest BCUT2D eigenvalue weighted by atomic mass is 32.1. The number of nitrogens with one attached hydrogen (secondary N) is 1. The van der Waals surface area contributed by atoms with Gasteiger partial charge in [-0.25, -0.2) is 18.4 Å². The predicted molar refractivity (Wildman–Crippen MR) is 117 cm³/mol. The molecule has 0 spiro atoms. The largest absolute Gasteiger partial charge is 0.300 e. The fourth-order valence-corrected chi connectivity index (χ4v) is 4.90. The summed E-state index contributed by atoms with van der Waals surface area (Å²) in [6.45, 7) is 5.22. The highest BCUT2D eigenvalue weighted by molar-refractivity contribution is 7.13. The van der Waals surface area contributed by atoms with E-state index in [-0.39, 0.29) is 12.0 Å². The number of nitrogens with zero attached hydrogens (tertiary/aromatic N) is 4. The number of halogens is 2. The molecule has 31 heavy (non-hydrogen) atoms. The second-order valence-corrected chi connectivity index (χ2v) is 8.79. The molecule has 9 heteroatoms. The van der Waals surface area contributed by atoms with Gasteiger partial charge in [-0.1, -0.05) is 6.07 Å². The van der Waals surface area contributed by atoms with Crippen molar-refractivity contribution < 1.29 is 8.78 Å². The summed E-state index contributed by atoms with van der Waals surface area (Å²) >= 11 is 1.68. The maximum Gasteiger partial charge on any atom is 0.280 e. The van der Waals surface area contributed by atoms with Crippen molar-refractivity contribution in [3.8, 4) is 10.4 Å². The van der Waals surface area contributed by atoms with Gasteiger partial charge in [-0.15, -0.1) is 11.3 Å². The molecule has 0 saturated carbocycles. The van der Waals surface area contributed by atoms with Crippen molar-refractivity contribution in [1.82, 2.24) is 19.5 Å². The van der Waals surface area contributed by atoms with Crippen LogP contribution >= 0.6 is 11.3 Å². The first-order chi connectivity index (χ1) is 14.9. The molecule has 160 valence electrons. The van der Waals surface area contributed by atoms with Crippen molar-refractivity contribution >= 4 is 16.9 Å². The number of rotatable bonds is 3. The Morgan fingerprint density at radius 3 is 2.87 bits per heavy atom. The summed E-state index contributed by atoms with van der Waals surface area (Å²) in [5.41, 5.74) is 7.22. The zero-order valence-electron chi connectivity index (χ0n) is 17.1. The fraction of sp³-hybridized carbons (Fsp3) is 0.318. The summed E-state index contributed by atoms with van der Waals surface area (Å²) in [7, 11) is 0. The van der Waals surface area contributed by atoms with Crippen molar-refractivity contribution in [3.05, 3.63) is 74.5 Å². The SMILES string of the molecule is CC1=C(C)C(N2CCc3ncc(-c4cccs4)cc3C2)Nn2c1nc(C(F)F)cc2=O. The third-order valence-corrected chi connectivity index (χ3v) is 6.91. The normalized spacial score (nSPS) is 18.7. The molecular formula is C22H21F2N5OS. The first-order valence-electron chi connectivity index (χ1n) is 10.0. The maximum atomic E-state index is 13.1. The van der Waals surface area contributed by atoms with E-state index in [9.17, 15) is 13.6 Å². The van der Waals surface area contributed by atoms with E-state index in [1.165, 1.54) is 9.55 Å². The summed E-state index contributed by atoms with van der Waals surface area (Å²) in [6.07, 6.45) is -0.290. The van der Waals surface area contributed by atoms with E-state index in [1.807, 2.05) is 31.5 Å². The lowest BCUT2D eigenvalue weighted by molar-refractivity contribution is 0.145. The maximum absolute atomic E-state index is 13.1. The van der Waals surface area contributed by atoms with Crippen LogP contribution in [0, 0.1) is 0 Å². The summed E-state index contributed by atoms with van der Waals surface area (Å²) in [5.74, 6) is 0.246. The van der Waals surface area contributed by atoms with E-state index in [0.717, 1.165) is 47.0 Å². The molecule has 3 aromatic rings. The van der Waals surface area contributed by atoms with Crippen LogP contribution < -0.4 is 11.0 Å². The molecule has 1 unspecified atom stereocenters.